The van der Waals surface area contributed by atoms with Gasteiger partial charge in [0.2, 0.25) is 0 Å². The van der Waals surface area contributed by atoms with Crippen LogP contribution in [0.1, 0.15) is 39.5 Å². The number of hydrogen-bond acceptors (Lipinski definition) is 1. The Morgan fingerprint density at radius 1 is 1.46 bits per heavy atom. The molecule has 0 aliphatic rings. The molecule has 0 rings (SSSR count). The highest BCUT2D eigenvalue weighted by molar-refractivity contribution is 4.99. The molecule has 0 heterocycles. The molecule has 2 atom stereocenters. The first-order chi connectivity index (χ1) is 6.10. The van der Waals surface area contributed by atoms with Gasteiger partial charge in [0.15, 0.2) is 0 Å². The molecule has 0 saturated carbocycles. The maximum absolute atomic E-state index is 9.52. The maximum atomic E-state index is 9.52. The molecule has 0 unspecified atom stereocenters. The van der Waals surface area contributed by atoms with Gasteiger partial charge in [0.25, 0.3) is 0 Å². The zero-order valence-corrected chi connectivity index (χ0v) is 8.92. The van der Waals surface area contributed by atoms with Crippen molar-refractivity contribution < 1.29 is 5.11 Å². The summed E-state index contributed by atoms with van der Waals surface area (Å²) in [7, 11) is 0. The quantitative estimate of drug-likeness (QED) is 0.599. The largest absolute Gasteiger partial charge is 0.393 e. The Kier molecular flexibility index (Phi) is 6.61. The molecule has 0 amide bonds. The Labute approximate surface area is 82.2 Å². The van der Waals surface area contributed by atoms with E-state index in [0.29, 0.717) is 5.92 Å². The molecule has 76 valence electrons. The molecule has 0 bridgehead atoms. The third kappa shape index (κ3) is 6.59. The van der Waals surface area contributed by atoms with Crippen LogP contribution in [0, 0.1) is 5.92 Å². The standard InChI is InChI=1S/C12H22O/c1-5-7-12(13)9-11(4)8-10(3)6-2/h6,10,12-13H,2,4-5,7-9H2,1,3H3/t10-,12+/m0/s1. The minimum absolute atomic E-state index is 0.200. The van der Waals surface area contributed by atoms with Crippen molar-refractivity contribution in [2.75, 3.05) is 0 Å². The van der Waals surface area contributed by atoms with Crippen LogP contribution in [-0.2, 0) is 0 Å². The number of aliphatic hydroxyl groups excluding tert-OH is 1. The second-order valence-electron chi connectivity index (χ2n) is 3.81. The second-order valence-corrected chi connectivity index (χ2v) is 3.81. The topological polar surface area (TPSA) is 20.2 Å². The minimum atomic E-state index is -0.200. The van der Waals surface area contributed by atoms with Crippen LogP contribution >= 0.6 is 0 Å². The van der Waals surface area contributed by atoms with Crippen molar-refractivity contribution in [3.05, 3.63) is 24.8 Å². The molecule has 0 aliphatic carbocycles. The molecule has 0 aromatic heterocycles. The fourth-order valence-electron chi connectivity index (χ4n) is 1.39. The fraction of sp³-hybridized carbons (Fsp3) is 0.667. The first kappa shape index (κ1) is 12.4. The van der Waals surface area contributed by atoms with Crippen LogP contribution in [0.25, 0.3) is 0 Å². The van der Waals surface area contributed by atoms with Crippen LogP contribution in [-0.4, -0.2) is 11.2 Å². The van der Waals surface area contributed by atoms with E-state index in [1.807, 2.05) is 6.08 Å². The Balaban J connectivity index is 3.67. The minimum Gasteiger partial charge on any atom is -0.393 e. The lowest BCUT2D eigenvalue weighted by Crippen LogP contribution is -2.07. The van der Waals surface area contributed by atoms with Crippen molar-refractivity contribution in [2.45, 2.75) is 45.6 Å². The zero-order chi connectivity index (χ0) is 10.3. The SMILES string of the molecule is C=C[C@H](C)CC(=C)C[C@H](O)CCC. The summed E-state index contributed by atoms with van der Waals surface area (Å²) < 4.78 is 0. The van der Waals surface area contributed by atoms with Crippen molar-refractivity contribution in [1.82, 2.24) is 0 Å². The Morgan fingerprint density at radius 3 is 2.54 bits per heavy atom. The van der Waals surface area contributed by atoms with Crippen molar-refractivity contribution in [3.63, 3.8) is 0 Å². The summed E-state index contributed by atoms with van der Waals surface area (Å²) >= 11 is 0. The van der Waals surface area contributed by atoms with Crippen LogP contribution in [0.4, 0.5) is 0 Å². The van der Waals surface area contributed by atoms with Gasteiger partial charge in [-0.1, -0.05) is 38.5 Å². The molecule has 13 heavy (non-hydrogen) atoms. The van der Waals surface area contributed by atoms with E-state index < -0.39 is 0 Å². The molecular formula is C12H22O. The van der Waals surface area contributed by atoms with E-state index in [-0.39, 0.29) is 6.10 Å². The van der Waals surface area contributed by atoms with E-state index >= 15 is 0 Å². The van der Waals surface area contributed by atoms with Crippen LogP contribution in [0.15, 0.2) is 24.8 Å². The van der Waals surface area contributed by atoms with Crippen LogP contribution in [0.2, 0.25) is 0 Å². The molecule has 1 N–H and O–H groups in total. The molecular weight excluding hydrogens is 160 g/mol. The predicted octanol–water partition coefficient (Wildman–Crippen LogP) is 3.31. The van der Waals surface area contributed by atoms with Crippen LogP contribution in [0.5, 0.6) is 0 Å². The van der Waals surface area contributed by atoms with Gasteiger partial charge in [-0.3, -0.25) is 0 Å². The lowest BCUT2D eigenvalue weighted by Gasteiger charge is -2.13. The van der Waals surface area contributed by atoms with Gasteiger partial charge in [-0.05, 0) is 25.2 Å². The van der Waals surface area contributed by atoms with Gasteiger partial charge in [-0.25, -0.2) is 0 Å². The highest BCUT2D eigenvalue weighted by Gasteiger charge is 2.06. The average molecular weight is 182 g/mol. The third-order valence-corrected chi connectivity index (χ3v) is 2.16. The van der Waals surface area contributed by atoms with E-state index in [1.165, 1.54) is 0 Å². The smallest absolute Gasteiger partial charge is 0.0577 e. The van der Waals surface area contributed by atoms with E-state index in [1.54, 1.807) is 0 Å². The van der Waals surface area contributed by atoms with Gasteiger partial charge >= 0.3 is 0 Å². The molecule has 0 aliphatic heterocycles. The zero-order valence-electron chi connectivity index (χ0n) is 8.92. The molecule has 0 aromatic carbocycles. The van der Waals surface area contributed by atoms with Crippen molar-refractivity contribution in [2.24, 2.45) is 5.92 Å². The van der Waals surface area contributed by atoms with Gasteiger partial charge in [-0.15, -0.1) is 6.58 Å². The highest BCUT2D eigenvalue weighted by atomic mass is 16.3. The van der Waals surface area contributed by atoms with E-state index in [9.17, 15) is 5.11 Å². The molecule has 0 radical (unpaired) electrons. The number of aliphatic hydroxyl groups is 1. The Bertz CT molecular complexity index is 161. The molecule has 0 saturated heterocycles. The van der Waals surface area contributed by atoms with Crippen LogP contribution < -0.4 is 0 Å². The second kappa shape index (κ2) is 6.90. The first-order valence-electron chi connectivity index (χ1n) is 5.07. The Hall–Kier alpha value is -0.560. The van der Waals surface area contributed by atoms with Gasteiger partial charge in [0.05, 0.1) is 6.10 Å². The molecule has 1 nitrogen and oxygen atoms in total. The number of hydrogen-bond donors (Lipinski definition) is 1. The molecule has 0 aromatic rings. The monoisotopic (exact) mass is 182 g/mol. The maximum Gasteiger partial charge on any atom is 0.0577 e. The van der Waals surface area contributed by atoms with Gasteiger partial charge in [-0.2, -0.15) is 0 Å². The van der Waals surface area contributed by atoms with Gasteiger partial charge in [0.1, 0.15) is 0 Å². The number of allylic oxidation sites excluding steroid dienone is 1. The van der Waals surface area contributed by atoms with Crippen molar-refractivity contribution >= 4 is 0 Å². The van der Waals surface area contributed by atoms with Crippen LogP contribution in [0.3, 0.4) is 0 Å². The van der Waals surface area contributed by atoms with Crippen molar-refractivity contribution in [3.8, 4) is 0 Å². The summed E-state index contributed by atoms with van der Waals surface area (Å²) in [5.41, 5.74) is 1.13. The van der Waals surface area contributed by atoms with E-state index in [0.717, 1.165) is 31.3 Å². The van der Waals surface area contributed by atoms with Crippen molar-refractivity contribution in [1.29, 1.82) is 0 Å². The summed E-state index contributed by atoms with van der Waals surface area (Å²) in [4.78, 5) is 0. The lowest BCUT2D eigenvalue weighted by atomic mass is 9.97. The summed E-state index contributed by atoms with van der Waals surface area (Å²) in [6.07, 6.45) is 5.33. The summed E-state index contributed by atoms with van der Waals surface area (Å²) in [5, 5.41) is 9.52. The molecule has 1 heteroatoms. The van der Waals surface area contributed by atoms with E-state index in [2.05, 4.69) is 27.0 Å². The summed E-state index contributed by atoms with van der Waals surface area (Å²) in [6, 6.07) is 0. The highest BCUT2D eigenvalue weighted by Crippen LogP contribution is 2.16. The van der Waals surface area contributed by atoms with E-state index in [4.69, 9.17) is 0 Å². The normalized spacial score (nSPS) is 15.0. The Morgan fingerprint density at radius 2 is 2.08 bits per heavy atom. The fourth-order valence-corrected chi connectivity index (χ4v) is 1.39. The molecule has 0 fully saturated rings. The third-order valence-electron chi connectivity index (χ3n) is 2.16. The van der Waals surface area contributed by atoms with Gasteiger partial charge < -0.3 is 5.11 Å². The lowest BCUT2D eigenvalue weighted by molar-refractivity contribution is 0.162. The first-order valence-corrected chi connectivity index (χ1v) is 5.07. The predicted molar refractivity (Wildman–Crippen MR) is 58.6 cm³/mol. The van der Waals surface area contributed by atoms with Gasteiger partial charge in [0, 0.05) is 0 Å². The summed E-state index contributed by atoms with van der Waals surface area (Å²) in [6.45, 7) is 11.9. The average Bonchev–Trinajstić information content (AvgIpc) is 2.04. The molecule has 0 spiro atoms. The summed E-state index contributed by atoms with van der Waals surface area (Å²) in [5.74, 6) is 0.473. The number of rotatable bonds is 7.